The number of hydrogen-bond donors (Lipinski definition) is 1. The molecule has 1 spiro atoms. The van der Waals surface area contributed by atoms with Crippen molar-refractivity contribution in [3.05, 3.63) is 12.2 Å². The molecule has 3 aliphatic heterocycles. The van der Waals surface area contributed by atoms with E-state index in [0.717, 1.165) is 78.0 Å². The predicted octanol–water partition coefficient (Wildman–Crippen LogP) is 2.46. The van der Waals surface area contributed by atoms with Gasteiger partial charge in [-0.3, -0.25) is 9.69 Å². The molecule has 7 nitrogen and oxygen atoms in total. The fourth-order valence-electron chi connectivity index (χ4n) is 4.73. The van der Waals surface area contributed by atoms with Crippen LogP contribution in [0, 0.1) is 5.92 Å². The molecule has 0 aromatic carbocycles. The van der Waals surface area contributed by atoms with Gasteiger partial charge in [-0.05, 0) is 38.5 Å². The molecule has 3 heterocycles. The number of aliphatic carboxylic acids is 1. The Morgan fingerprint density at radius 3 is 2.35 bits per heavy atom. The summed E-state index contributed by atoms with van der Waals surface area (Å²) in [5, 5.41) is 7.12. The molecule has 0 saturated carbocycles. The molecule has 0 unspecified atom stereocenters. The molecule has 10 heteroatoms. The number of ether oxygens (including phenoxy) is 2. The molecule has 31 heavy (non-hydrogen) atoms. The van der Waals surface area contributed by atoms with Crippen LogP contribution in [0.1, 0.15) is 38.5 Å². The van der Waals surface area contributed by atoms with Gasteiger partial charge in [0.05, 0.1) is 24.9 Å². The van der Waals surface area contributed by atoms with Crippen molar-refractivity contribution in [2.75, 3.05) is 45.9 Å². The smallest absolute Gasteiger partial charge is 0.475 e. The fraction of sp³-hybridized carbons (Fsp3) is 0.810. The summed E-state index contributed by atoms with van der Waals surface area (Å²) in [7, 11) is 0. The molecule has 1 aliphatic carbocycles. The number of halogens is 3. The lowest BCUT2D eigenvalue weighted by atomic mass is 9.90. The molecule has 0 bridgehead atoms. The van der Waals surface area contributed by atoms with E-state index in [9.17, 15) is 18.0 Å². The van der Waals surface area contributed by atoms with Crippen LogP contribution in [0.25, 0.3) is 0 Å². The van der Waals surface area contributed by atoms with Crippen molar-refractivity contribution in [3.8, 4) is 0 Å². The normalized spacial score (nSPS) is 29.8. The minimum absolute atomic E-state index is 0.0725. The molecule has 4 rings (SSSR count). The number of carbonyl (C=O) groups is 2. The van der Waals surface area contributed by atoms with Gasteiger partial charge >= 0.3 is 12.1 Å². The molecule has 1 amide bonds. The minimum atomic E-state index is -5.08. The third-order valence-corrected chi connectivity index (χ3v) is 6.37. The van der Waals surface area contributed by atoms with Crippen molar-refractivity contribution in [1.82, 2.24) is 9.80 Å². The molecule has 3 saturated heterocycles. The van der Waals surface area contributed by atoms with Crippen LogP contribution < -0.4 is 0 Å². The van der Waals surface area contributed by atoms with Crippen LogP contribution in [0.15, 0.2) is 12.2 Å². The van der Waals surface area contributed by atoms with Gasteiger partial charge < -0.3 is 19.5 Å². The zero-order valence-corrected chi connectivity index (χ0v) is 17.6. The first-order chi connectivity index (χ1) is 14.7. The van der Waals surface area contributed by atoms with Crippen LogP contribution in [0.3, 0.4) is 0 Å². The predicted molar refractivity (Wildman–Crippen MR) is 105 cm³/mol. The van der Waals surface area contributed by atoms with Crippen LogP contribution in [0.4, 0.5) is 13.2 Å². The SMILES string of the molecule is O=C(C1CC=CC1)N1CC[C@]2(CCC[C@@H](CN3CCOCC3)O2)C1.O=C(O)C(F)(F)F. The summed E-state index contributed by atoms with van der Waals surface area (Å²) in [6.45, 7) is 6.43. The van der Waals surface area contributed by atoms with Crippen molar-refractivity contribution in [1.29, 1.82) is 0 Å². The van der Waals surface area contributed by atoms with Crippen LogP contribution in [0.2, 0.25) is 0 Å². The molecule has 1 N–H and O–H groups in total. The summed E-state index contributed by atoms with van der Waals surface area (Å²) in [5.41, 5.74) is -0.0725. The molecule has 3 fully saturated rings. The number of nitrogens with zero attached hydrogens (tertiary/aromatic N) is 2. The maximum atomic E-state index is 12.7. The lowest BCUT2D eigenvalue weighted by Gasteiger charge is -2.41. The zero-order chi connectivity index (χ0) is 22.5. The van der Waals surface area contributed by atoms with E-state index in [2.05, 4.69) is 22.0 Å². The Labute approximate surface area is 180 Å². The van der Waals surface area contributed by atoms with E-state index in [4.69, 9.17) is 19.4 Å². The van der Waals surface area contributed by atoms with Crippen LogP contribution in [-0.4, -0.2) is 90.6 Å². The Balaban J connectivity index is 0.000000339. The molecule has 2 atom stereocenters. The molecular weight excluding hydrogens is 417 g/mol. The average Bonchev–Trinajstić information content (AvgIpc) is 3.39. The van der Waals surface area contributed by atoms with Gasteiger partial charge in [-0.25, -0.2) is 4.79 Å². The van der Waals surface area contributed by atoms with Crippen molar-refractivity contribution >= 4 is 11.9 Å². The highest BCUT2D eigenvalue weighted by molar-refractivity contribution is 5.80. The Kier molecular flexibility index (Phi) is 7.98. The highest BCUT2D eigenvalue weighted by Gasteiger charge is 2.45. The Morgan fingerprint density at radius 1 is 1.10 bits per heavy atom. The Bertz CT molecular complexity index is 658. The standard InChI is InChI=1S/C19H30N2O3.C2HF3O2/c22-18(16-4-1-2-5-16)21-9-8-19(15-21)7-3-6-17(24-19)14-20-10-12-23-13-11-20;3-2(4,5)1(6)7/h1-2,16-17H,3-15H2;(H,6,7)/t17-,19+;/m0./s1. The summed E-state index contributed by atoms with van der Waals surface area (Å²) in [6, 6.07) is 0. The molecular formula is C21H31F3N2O5. The first-order valence-corrected chi connectivity index (χ1v) is 10.9. The van der Waals surface area contributed by atoms with Gasteiger partial charge in [0, 0.05) is 38.6 Å². The second-order valence-corrected chi connectivity index (χ2v) is 8.68. The Morgan fingerprint density at radius 2 is 1.74 bits per heavy atom. The number of carbonyl (C=O) groups excluding carboxylic acids is 1. The monoisotopic (exact) mass is 448 g/mol. The van der Waals surface area contributed by atoms with Crippen molar-refractivity contribution in [2.24, 2.45) is 5.92 Å². The number of alkyl halides is 3. The van der Waals surface area contributed by atoms with E-state index in [0.29, 0.717) is 12.0 Å². The number of likely N-dealkylation sites (tertiary alicyclic amines) is 1. The van der Waals surface area contributed by atoms with E-state index >= 15 is 0 Å². The lowest BCUT2D eigenvalue weighted by Crippen LogP contribution is -2.49. The number of allylic oxidation sites excluding steroid dienone is 2. The number of carboxylic acid groups (broad SMARTS) is 1. The topological polar surface area (TPSA) is 79.3 Å². The van der Waals surface area contributed by atoms with E-state index in [1.54, 1.807) is 0 Å². The number of hydrogen-bond acceptors (Lipinski definition) is 5. The lowest BCUT2D eigenvalue weighted by molar-refractivity contribution is -0.192. The maximum absolute atomic E-state index is 12.7. The van der Waals surface area contributed by atoms with Gasteiger partial charge in [0.2, 0.25) is 5.91 Å². The largest absolute Gasteiger partial charge is 0.490 e. The van der Waals surface area contributed by atoms with Crippen molar-refractivity contribution in [2.45, 2.75) is 56.4 Å². The van der Waals surface area contributed by atoms with Crippen LogP contribution in [0.5, 0.6) is 0 Å². The van der Waals surface area contributed by atoms with E-state index in [1.807, 2.05) is 0 Å². The first kappa shape index (κ1) is 24.0. The molecule has 4 aliphatic rings. The van der Waals surface area contributed by atoms with Crippen molar-refractivity contribution < 1.29 is 37.3 Å². The average molecular weight is 448 g/mol. The van der Waals surface area contributed by atoms with Gasteiger partial charge in [0.15, 0.2) is 0 Å². The molecule has 0 aromatic heterocycles. The summed E-state index contributed by atoms with van der Waals surface area (Å²) < 4.78 is 43.8. The third-order valence-electron chi connectivity index (χ3n) is 6.37. The first-order valence-electron chi connectivity index (χ1n) is 10.9. The third kappa shape index (κ3) is 6.66. The summed E-state index contributed by atoms with van der Waals surface area (Å²) in [5.74, 6) is -2.23. The Hall–Kier alpha value is -1.65. The quantitative estimate of drug-likeness (QED) is 0.669. The van der Waals surface area contributed by atoms with Gasteiger partial charge in [-0.1, -0.05) is 12.2 Å². The van der Waals surface area contributed by atoms with E-state index in [-0.39, 0.29) is 11.5 Å². The second kappa shape index (κ2) is 10.3. The highest BCUT2D eigenvalue weighted by atomic mass is 19.4. The number of rotatable bonds is 3. The van der Waals surface area contributed by atoms with Gasteiger partial charge in [-0.2, -0.15) is 13.2 Å². The minimum Gasteiger partial charge on any atom is -0.475 e. The fourth-order valence-corrected chi connectivity index (χ4v) is 4.73. The summed E-state index contributed by atoms with van der Waals surface area (Å²) >= 11 is 0. The molecule has 176 valence electrons. The maximum Gasteiger partial charge on any atom is 0.490 e. The number of carboxylic acids is 1. The second-order valence-electron chi connectivity index (χ2n) is 8.68. The summed E-state index contributed by atoms with van der Waals surface area (Å²) in [4.78, 5) is 26.1. The summed E-state index contributed by atoms with van der Waals surface area (Å²) in [6.07, 6.45) is 5.86. The number of amides is 1. The van der Waals surface area contributed by atoms with E-state index < -0.39 is 12.1 Å². The van der Waals surface area contributed by atoms with Crippen LogP contribution in [-0.2, 0) is 19.1 Å². The van der Waals surface area contributed by atoms with Gasteiger partial charge in [0.25, 0.3) is 0 Å². The van der Waals surface area contributed by atoms with Gasteiger partial charge in [0.1, 0.15) is 0 Å². The van der Waals surface area contributed by atoms with Crippen LogP contribution >= 0.6 is 0 Å². The zero-order valence-electron chi connectivity index (χ0n) is 17.6. The number of morpholine rings is 1. The molecule has 0 radical (unpaired) electrons. The highest BCUT2D eigenvalue weighted by Crippen LogP contribution is 2.38. The van der Waals surface area contributed by atoms with Gasteiger partial charge in [-0.15, -0.1) is 0 Å². The van der Waals surface area contributed by atoms with Crippen molar-refractivity contribution in [3.63, 3.8) is 0 Å². The molecule has 0 aromatic rings. The van der Waals surface area contributed by atoms with E-state index in [1.165, 1.54) is 6.42 Å².